The minimum absolute atomic E-state index is 0.0392. The van der Waals surface area contributed by atoms with Gasteiger partial charge >= 0.3 is 0 Å². The lowest BCUT2D eigenvalue weighted by molar-refractivity contribution is -0.127. The van der Waals surface area contributed by atoms with E-state index in [-0.39, 0.29) is 12.5 Å². The van der Waals surface area contributed by atoms with Gasteiger partial charge in [-0.25, -0.2) is 9.98 Å². The van der Waals surface area contributed by atoms with Crippen molar-refractivity contribution in [3.05, 3.63) is 54.2 Å². The summed E-state index contributed by atoms with van der Waals surface area (Å²) in [4.78, 5) is 22.5. The van der Waals surface area contributed by atoms with Crippen LogP contribution < -0.4 is 10.6 Å². The molecule has 0 spiro atoms. The molecule has 8 heteroatoms. The number of guanidine groups is 1. The Labute approximate surface area is 177 Å². The van der Waals surface area contributed by atoms with Crippen LogP contribution in [0, 0.1) is 6.92 Å². The summed E-state index contributed by atoms with van der Waals surface area (Å²) in [7, 11) is 3.46. The minimum Gasteiger partial charge on any atom is -0.469 e. The molecule has 8 nitrogen and oxygen atoms in total. The van der Waals surface area contributed by atoms with Gasteiger partial charge in [0, 0.05) is 40.2 Å². The second-order valence-corrected chi connectivity index (χ2v) is 7.29. The van der Waals surface area contributed by atoms with Crippen LogP contribution in [0.1, 0.15) is 18.0 Å². The Bertz CT molecular complexity index is 975. The van der Waals surface area contributed by atoms with E-state index in [0.717, 1.165) is 48.5 Å². The molecule has 0 fully saturated rings. The van der Waals surface area contributed by atoms with Crippen LogP contribution in [0.5, 0.6) is 0 Å². The van der Waals surface area contributed by atoms with Crippen LogP contribution in [-0.4, -0.2) is 60.0 Å². The highest BCUT2D eigenvalue weighted by molar-refractivity contribution is 5.84. The highest BCUT2D eigenvalue weighted by atomic mass is 16.3. The maximum atomic E-state index is 11.9. The van der Waals surface area contributed by atoms with Crippen molar-refractivity contribution in [3.63, 3.8) is 0 Å². The number of benzene rings is 1. The molecule has 1 aromatic carbocycles. The number of para-hydroxylation sites is 2. The molecule has 0 radical (unpaired) electrons. The number of likely N-dealkylation sites (N-methyl/N-ethyl adjacent to an activating group) is 1. The van der Waals surface area contributed by atoms with Crippen molar-refractivity contribution >= 4 is 22.9 Å². The van der Waals surface area contributed by atoms with E-state index >= 15 is 0 Å². The lowest BCUT2D eigenvalue weighted by Crippen LogP contribution is -2.40. The summed E-state index contributed by atoms with van der Waals surface area (Å²) in [5.41, 5.74) is 2.17. The molecule has 0 aliphatic rings. The second kappa shape index (κ2) is 10.5. The van der Waals surface area contributed by atoms with Gasteiger partial charge < -0.3 is 24.5 Å². The predicted molar refractivity (Wildman–Crippen MR) is 119 cm³/mol. The van der Waals surface area contributed by atoms with Crippen LogP contribution in [0.2, 0.25) is 0 Å². The standard InChI is InChI=1S/C22H30N6O2/c1-17-26-19-9-4-5-10-20(19)28(17)14-7-12-23-22(25-16-21(29)27(2)3)24-13-11-18-8-6-15-30-18/h4-6,8-10,15H,7,11-14,16H2,1-3H3,(H2,23,24,25). The summed E-state index contributed by atoms with van der Waals surface area (Å²) >= 11 is 0. The van der Waals surface area contributed by atoms with Gasteiger partial charge in [-0.1, -0.05) is 12.1 Å². The molecular formula is C22H30N6O2. The number of carbonyl (C=O) groups excluding carboxylic acids is 1. The van der Waals surface area contributed by atoms with Crippen LogP contribution in [0.15, 0.2) is 52.1 Å². The number of fused-ring (bicyclic) bond motifs is 1. The quantitative estimate of drug-likeness (QED) is 0.321. The first-order chi connectivity index (χ1) is 14.5. The van der Waals surface area contributed by atoms with E-state index in [4.69, 9.17) is 4.42 Å². The summed E-state index contributed by atoms with van der Waals surface area (Å²) < 4.78 is 7.59. The zero-order valence-electron chi connectivity index (χ0n) is 17.9. The first-order valence-corrected chi connectivity index (χ1v) is 10.2. The van der Waals surface area contributed by atoms with Crippen LogP contribution in [0.25, 0.3) is 11.0 Å². The third-order valence-electron chi connectivity index (χ3n) is 4.81. The average molecular weight is 411 g/mol. The van der Waals surface area contributed by atoms with E-state index in [2.05, 4.69) is 31.2 Å². The number of aryl methyl sites for hydroxylation is 2. The minimum atomic E-state index is -0.0392. The molecule has 0 saturated heterocycles. The maximum Gasteiger partial charge on any atom is 0.243 e. The maximum absolute atomic E-state index is 11.9. The summed E-state index contributed by atoms with van der Waals surface area (Å²) in [6.07, 6.45) is 3.32. The van der Waals surface area contributed by atoms with E-state index in [1.807, 2.05) is 37.3 Å². The molecule has 3 rings (SSSR count). The normalized spacial score (nSPS) is 11.6. The first kappa shape index (κ1) is 21.4. The third-order valence-corrected chi connectivity index (χ3v) is 4.81. The lowest BCUT2D eigenvalue weighted by Gasteiger charge is -2.14. The van der Waals surface area contributed by atoms with Gasteiger partial charge in [-0.2, -0.15) is 0 Å². The largest absolute Gasteiger partial charge is 0.469 e. The topological polar surface area (TPSA) is 87.7 Å². The van der Waals surface area contributed by atoms with Gasteiger partial charge in [-0.3, -0.25) is 4.79 Å². The van der Waals surface area contributed by atoms with Crippen LogP contribution in [0.4, 0.5) is 0 Å². The predicted octanol–water partition coefficient (Wildman–Crippen LogP) is 2.19. The second-order valence-electron chi connectivity index (χ2n) is 7.29. The number of nitrogens with one attached hydrogen (secondary N) is 2. The Morgan fingerprint density at radius 2 is 1.97 bits per heavy atom. The van der Waals surface area contributed by atoms with Crippen molar-refractivity contribution in [2.45, 2.75) is 26.3 Å². The molecule has 0 aliphatic carbocycles. The molecule has 3 aromatic rings. The molecule has 30 heavy (non-hydrogen) atoms. The Kier molecular flexibility index (Phi) is 7.48. The third kappa shape index (κ3) is 5.85. The van der Waals surface area contributed by atoms with E-state index in [1.54, 1.807) is 20.4 Å². The van der Waals surface area contributed by atoms with Gasteiger partial charge in [0.1, 0.15) is 18.1 Å². The first-order valence-electron chi connectivity index (χ1n) is 10.2. The van der Waals surface area contributed by atoms with Crippen molar-refractivity contribution in [2.24, 2.45) is 4.99 Å². The van der Waals surface area contributed by atoms with E-state index in [0.29, 0.717) is 12.5 Å². The number of aliphatic imine (C=N–C) groups is 1. The molecule has 2 heterocycles. The number of aromatic nitrogens is 2. The monoisotopic (exact) mass is 410 g/mol. The summed E-state index contributed by atoms with van der Waals surface area (Å²) in [5, 5.41) is 6.60. The summed E-state index contributed by atoms with van der Waals surface area (Å²) in [6, 6.07) is 12.0. The fourth-order valence-corrected chi connectivity index (χ4v) is 3.14. The Morgan fingerprint density at radius 1 is 1.17 bits per heavy atom. The summed E-state index contributed by atoms with van der Waals surface area (Å²) in [6.45, 7) is 4.39. The smallest absolute Gasteiger partial charge is 0.243 e. The molecule has 2 N–H and O–H groups in total. The van der Waals surface area contributed by atoms with Gasteiger partial charge in [-0.05, 0) is 37.6 Å². The van der Waals surface area contributed by atoms with Crippen molar-refractivity contribution in [2.75, 3.05) is 33.7 Å². The molecular weight excluding hydrogens is 380 g/mol. The number of hydrogen-bond donors (Lipinski definition) is 2. The average Bonchev–Trinajstić information content (AvgIpc) is 3.35. The van der Waals surface area contributed by atoms with Crippen LogP contribution >= 0.6 is 0 Å². The number of nitrogens with zero attached hydrogens (tertiary/aromatic N) is 4. The number of furan rings is 1. The number of amides is 1. The van der Waals surface area contributed by atoms with E-state index < -0.39 is 0 Å². The van der Waals surface area contributed by atoms with Crippen molar-refractivity contribution in [1.29, 1.82) is 0 Å². The van der Waals surface area contributed by atoms with Gasteiger partial charge in [0.25, 0.3) is 0 Å². The van der Waals surface area contributed by atoms with E-state index in [1.165, 1.54) is 4.90 Å². The highest BCUT2D eigenvalue weighted by Crippen LogP contribution is 2.15. The zero-order valence-corrected chi connectivity index (χ0v) is 17.9. The number of rotatable bonds is 9. The molecule has 0 aliphatic heterocycles. The van der Waals surface area contributed by atoms with Crippen molar-refractivity contribution in [1.82, 2.24) is 25.1 Å². The van der Waals surface area contributed by atoms with Crippen molar-refractivity contribution < 1.29 is 9.21 Å². The van der Waals surface area contributed by atoms with Crippen LogP contribution in [0.3, 0.4) is 0 Å². The number of carbonyl (C=O) groups is 1. The van der Waals surface area contributed by atoms with Crippen molar-refractivity contribution in [3.8, 4) is 0 Å². The number of hydrogen-bond acceptors (Lipinski definition) is 4. The van der Waals surface area contributed by atoms with E-state index in [9.17, 15) is 4.79 Å². The molecule has 160 valence electrons. The Hall–Kier alpha value is -3.29. The Balaban J connectivity index is 1.53. The van der Waals surface area contributed by atoms with Gasteiger partial charge in [0.05, 0.1) is 17.3 Å². The zero-order chi connectivity index (χ0) is 21.3. The van der Waals surface area contributed by atoms with Gasteiger partial charge in [0.2, 0.25) is 5.91 Å². The fraction of sp³-hybridized carbons (Fsp3) is 0.409. The Morgan fingerprint density at radius 3 is 2.73 bits per heavy atom. The number of imidazole rings is 1. The summed E-state index contributed by atoms with van der Waals surface area (Å²) in [5.74, 6) is 2.51. The molecule has 0 bridgehead atoms. The molecule has 0 atom stereocenters. The van der Waals surface area contributed by atoms with Crippen LogP contribution in [-0.2, 0) is 17.8 Å². The molecule has 0 unspecified atom stereocenters. The van der Waals surface area contributed by atoms with Gasteiger partial charge in [-0.15, -0.1) is 0 Å². The molecule has 1 amide bonds. The SMILES string of the molecule is Cc1nc2ccccc2n1CCCNC(=NCC(=O)N(C)C)NCCc1ccco1. The highest BCUT2D eigenvalue weighted by Gasteiger charge is 2.07. The lowest BCUT2D eigenvalue weighted by atomic mass is 10.3. The van der Waals surface area contributed by atoms with Gasteiger partial charge in [0.15, 0.2) is 5.96 Å². The molecule has 0 saturated carbocycles. The fourth-order valence-electron chi connectivity index (χ4n) is 3.14. The molecule has 2 aromatic heterocycles.